The van der Waals surface area contributed by atoms with Gasteiger partial charge in [-0.3, -0.25) is 14.4 Å². The molecule has 1 aromatic carbocycles. The van der Waals surface area contributed by atoms with Gasteiger partial charge in [0.25, 0.3) is 5.91 Å². The van der Waals surface area contributed by atoms with Gasteiger partial charge in [0.2, 0.25) is 5.91 Å². The molecular formula is C16H22N2O5. The highest BCUT2D eigenvalue weighted by molar-refractivity contribution is 5.94. The fourth-order valence-corrected chi connectivity index (χ4v) is 1.79. The van der Waals surface area contributed by atoms with Gasteiger partial charge in [-0.2, -0.15) is 0 Å². The van der Waals surface area contributed by atoms with E-state index in [0.717, 1.165) is 0 Å². The normalized spacial score (nSPS) is 9.83. The Morgan fingerprint density at radius 1 is 0.957 bits per heavy atom. The lowest BCUT2D eigenvalue weighted by Crippen LogP contribution is -2.31. The zero-order chi connectivity index (χ0) is 17.1. The van der Waals surface area contributed by atoms with Crippen molar-refractivity contribution in [2.24, 2.45) is 0 Å². The second-order valence-electron chi connectivity index (χ2n) is 4.76. The summed E-state index contributed by atoms with van der Waals surface area (Å²) in [6.07, 6.45) is 0.974. The van der Waals surface area contributed by atoms with Crippen molar-refractivity contribution in [3.05, 3.63) is 29.8 Å². The molecule has 0 fully saturated rings. The van der Waals surface area contributed by atoms with E-state index in [1.807, 2.05) is 0 Å². The van der Waals surface area contributed by atoms with Gasteiger partial charge in [-0.1, -0.05) is 0 Å². The number of hydrogen-bond acceptors (Lipinski definition) is 5. The molecule has 2 amide bonds. The minimum Gasteiger partial charge on any atom is -0.497 e. The van der Waals surface area contributed by atoms with Crippen molar-refractivity contribution in [1.82, 2.24) is 10.6 Å². The first-order valence-corrected chi connectivity index (χ1v) is 7.32. The molecule has 0 radical (unpaired) electrons. The molecule has 0 saturated heterocycles. The molecule has 1 rings (SSSR count). The van der Waals surface area contributed by atoms with Crippen LogP contribution in [0.25, 0.3) is 0 Å². The molecule has 0 aliphatic carbocycles. The van der Waals surface area contributed by atoms with E-state index in [-0.39, 0.29) is 37.2 Å². The van der Waals surface area contributed by atoms with E-state index in [1.54, 1.807) is 31.4 Å². The molecule has 7 heteroatoms. The lowest BCUT2D eigenvalue weighted by atomic mass is 10.2. The van der Waals surface area contributed by atoms with E-state index in [2.05, 4.69) is 15.4 Å². The Morgan fingerprint density at radius 2 is 1.65 bits per heavy atom. The lowest BCUT2D eigenvalue weighted by molar-refractivity contribution is -0.140. The van der Waals surface area contributed by atoms with Crippen LogP contribution in [0.1, 0.15) is 29.6 Å². The summed E-state index contributed by atoms with van der Waals surface area (Å²) in [6, 6.07) is 6.70. The van der Waals surface area contributed by atoms with E-state index in [1.165, 1.54) is 7.11 Å². The molecule has 0 saturated carbocycles. The number of nitrogens with one attached hydrogen (secondary N) is 2. The monoisotopic (exact) mass is 322 g/mol. The Morgan fingerprint density at radius 3 is 2.26 bits per heavy atom. The first-order valence-electron chi connectivity index (χ1n) is 7.32. The van der Waals surface area contributed by atoms with Crippen molar-refractivity contribution in [3.8, 4) is 5.75 Å². The molecule has 2 N–H and O–H groups in total. The second kappa shape index (κ2) is 10.2. The number of amides is 2. The Hall–Kier alpha value is -2.57. The number of methoxy groups -OCH3 is 2. The van der Waals surface area contributed by atoms with Crippen molar-refractivity contribution in [2.75, 3.05) is 27.3 Å². The van der Waals surface area contributed by atoms with Crippen molar-refractivity contribution in [1.29, 1.82) is 0 Å². The molecule has 0 atom stereocenters. The zero-order valence-electron chi connectivity index (χ0n) is 13.4. The van der Waals surface area contributed by atoms with Crippen LogP contribution in [0.5, 0.6) is 5.75 Å². The minimum atomic E-state index is -0.300. The SMILES string of the molecule is COC(=O)CCCNC(=O)CCNC(=O)c1ccc(OC)cc1. The Kier molecular flexibility index (Phi) is 8.20. The maximum atomic E-state index is 11.9. The Bertz CT molecular complexity index is 528. The van der Waals surface area contributed by atoms with Gasteiger partial charge < -0.3 is 20.1 Å². The molecule has 0 heterocycles. The van der Waals surface area contributed by atoms with Crippen LogP contribution in [-0.2, 0) is 14.3 Å². The Balaban J connectivity index is 2.18. The van der Waals surface area contributed by atoms with Crippen molar-refractivity contribution in [3.63, 3.8) is 0 Å². The van der Waals surface area contributed by atoms with Gasteiger partial charge in [-0.25, -0.2) is 0 Å². The van der Waals surface area contributed by atoms with Gasteiger partial charge in [0.15, 0.2) is 0 Å². The number of carbonyl (C=O) groups is 3. The minimum absolute atomic E-state index is 0.176. The van der Waals surface area contributed by atoms with Gasteiger partial charge >= 0.3 is 5.97 Å². The van der Waals surface area contributed by atoms with E-state index in [0.29, 0.717) is 24.3 Å². The van der Waals surface area contributed by atoms with Crippen LogP contribution in [0.2, 0.25) is 0 Å². The second-order valence-corrected chi connectivity index (χ2v) is 4.76. The van der Waals surface area contributed by atoms with Crippen molar-refractivity contribution >= 4 is 17.8 Å². The summed E-state index contributed by atoms with van der Waals surface area (Å²) in [5, 5.41) is 5.35. The first-order chi connectivity index (χ1) is 11.1. The molecular weight excluding hydrogens is 300 g/mol. The topological polar surface area (TPSA) is 93.7 Å². The number of hydrogen-bond donors (Lipinski definition) is 2. The molecule has 0 aliphatic heterocycles. The fraction of sp³-hybridized carbons (Fsp3) is 0.438. The molecule has 0 spiro atoms. The van der Waals surface area contributed by atoms with Gasteiger partial charge in [0.05, 0.1) is 14.2 Å². The predicted octanol–water partition coefficient (Wildman–Crippen LogP) is 0.885. The predicted molar refractivity (Wildman–Crippen MR) is 84.2 cm³/mol. The van der Waals surface area contributed by atoms with Crippen LogP contribution < -0.4 is 15.4 Å². The van der Waals surface area contributed by atoms with Crippen LogP contribution in [-0.4, -0.2) is 45.1 Å². The van der Waals surface area contributed by atoms with Gasteiger partial charge in [-0.15, -0.1) is 0 Å². The van der Waals surface area contributed by atoms with Crippen LogP contribution in [0, 0.1) is 0 Å². The Labute approximate surface area is 135 Å². The maximum Gasteiger partial charge on any atom is 0.305 e. The van der Waals surface area contributed by atoms with E-state index < -0.39 is 0 Å². The molecule has 1 aromatic rings. The first kappa shape index (κ1) is 18.5. The number of benzene rings is 1. The quantitative estimate of drug-likeness (QED) is 0.520. The lowest BCUT2D eigenvalue weighted by Gasteiger charge is -2.07. The molecule has 0 bridgehead atoms. The van der Waals surface area contributed by atoms with Crippen LogP contribution >= 0.6 is 0 Å². The van der Waals surface area contributed by atoms with E-state index in [4.69, 9.17) is 4.74 Å². The number of rotatable bonds is 9. The zero-order valence-corrected chi connectivity index (χ0v) is 13.4. The number of carbonyl (C=O) groups excluding carboxylic acids is 3. The largest absolute Gasteiger partial charge is 0.497 e. The molecule has 0 unspecified atom stereocenters. The van der Waals surface area contributed by atoms with Crippen molar-refractivity contribution in [2.45, 2.75) is 19.3 Å². The summed E-state index contributed by atoms with van der Waals surface area (Å²) < 4.78 is 9.51. The molecule has 126 valence electrons. The summed E-state index contributed by atoms with van der Waals surface area (Å²) in [4.78, 5) is 34.3. The van der Waals surface area contributed by atoms with Gasteiger partial charge in [0, 0.05) is 31.5 Å². The average molecular weight is 322 g/mol. The van der Waals surface area contributed by atoms with E-state index >= 15 is 0 Å². The highest BCUT2D eigenvalue weighted by Gasteiger charge is 2.07. The smallest absolute Gasteiger partial charge is 0.305 e. The van der Waals surface area contributed by atoms with Crippen LogP contribution in [0.15, 0.2) is 24.3 Å². The molecule has 23 heavy (non-hydrogen) atoms. The number of ether oxygens (including phenoxy) is 2. The van der Waals surface area contributed by atoms with Crippen LogP contribution in [0.3, 0.4) is 0 Å². The third kappa shape index (κ3) is 7.30. The van der Waals surface area contributed by atoms with Crippen molar-refractivity contribution < 1.29 is 23.9 Å². The average Bonchev–Trinajstić information content (AvgIpc) is 2.58. The van der Waals surface area contributed by atoms with Gasteiger partial charge in [0.1, 0.15) is 5.75 Å². The standard InChI is InChI=1S/C16H22N2O5/c1-22-13-7-5-12(6-8-13)16(21)18-11-9-14(19)17-10-3-4-15(20)23-2/h5-8H,3-4,9-11H2,1-2H3,(H,17,19)(H,18,21). The summed E-state index contributed by atoms with van der Waals surface area (Å²) in [5.74, 6) is -0.0464. The molecule has 0 aliphatic rings. The number of esters is 1. The third-order valence-electron chi connectivity index (χ3n) is 3.10. The highest BCUT2D eigenvalue weighted by atomic mass is 16.5. The van der Waals surface area contributed by atoms with Gasteiger partial charge in [-0.05, 0) is 30.7 Å². The third-order valence-corrected chi connectivity index (χ3v) is 3.10. The molecule has 0 aromatic heterocycles. The molecule has 7 nitrogen and oxygen atoms in total. The summed E-state index contributed by atoms with van der Waals surface area (Å²) >= 11 is 0. The summed E-state index contributed by atoms with van der Waals surface area (Å²) in [5.41, 5.74) is 0.504. The van der Waals surface area contributed by atoms with Crippen LogP contribution in [0.4, 0.5) is 0 Å². The summed E-state index contributed by atoms with van der Waals surface area (Å²) in [7, 11) is 2.88. The highest BCUT2D eigenvalue weighted by Crippen LogP contribution is 2.10. The summed E-state index contributed by atoms with van der Waals surface area (Å²) in [6.45, 7) is 0.647. The fourth-order valence-electron chi connectivity index (χ4n) is 1.79. The van der Waals surface area contributed by atoms with E-state index in [9.17, 15) is 14.4 Å². The maximum absolute atomic E-state index is 11.9.